The van der Waals surface area contributed by atoms with Crippen molar-refractivity contribution in [1.82, 2.24) is 20.4 Å². The van der Waals surface area contributed by atoms with E-state index in [-0.39, 0.29) is 59.5 Å². The Hall–Kier alpha value is -1.94. The van der Waals surface area contributed by atoms with E-state index in [4.69, 9.17) is 4.99 Å². The Morgan fingerprint density at radius 2 is 1.76 bits per heavy atom. The normalized spacial score (nSPS) is 25.6. The fourth-order valence-electron chi connectivity index (χ4n) is 5.23. The molecule has 0 radical (unpaired) electrons. The van der Waals surface area contributed by atoms with Crippen LogP contribution >= 0.6 is 24.0 Å². The molecule has 2 amide bonds. The SMILES string of the molecule is CCNC(=NCc1cccc(CN(C)CC)c1)NCCN1C(=O)C2C3C=CC(C3)C2C1=O.I. The maximum absolute atomic E-state index is 12.8. The number of nitrogens with one attached hydrogen (secondary N) is 2. The Balaban J connectivity index is 0.00000306. The lowest BCUT2D eigenvalue weighted by atomic mass is 9.85. The Labute approximate surface area is 214 Å². The number of amides is 2. The quantitative estimate of drug-likeness (QED) is 0.158. The summed E-state index contributed by atoms with van der Waals surface area (Å²) in [6.07, 6.45) is 5.22. The first-order valence-electron chi connectivity index (χ1n) is 11.8. The van der Waals surface area contributed by atoms with Gasteiger partial charge in [-0.05, 0) is 49.9 Å². The third-order valence-electron chi connectivity index (χ3n) is 6.94. The van der Waals surface area contributed by atoms with Gasteiger partial charge in [-0.3, -0.25) is 14.5 Å². The first-order chi connectivity index (χ1) is 15.5. The standard InChI is InChI=1S/C25H35N5O2.HI/c1-4-26-25(28-15-17-7-6-8-18(13-17)16-29(3)5-2)27-11-12-30-23(31)21-19-9-10-20(14-19)22(21)24(30)32;/h6-10,13,19-22H,4-5,11-12,14-16H2,1-3H3,(H2,26,27,28);1H. The Kier molecular flexibility index (Phi) is 8.92. The number of hydrogen-bond donors (Lipinski definition) is 2. The monoisotopic (exact) mass is 565 g/mol. The average molecular weight is 566 g/mol. The molecular formula is C25H36IN5O2. The summed E-state index contributed by atoms with van der Waals surface area (Å²) in [4.78, 5) is 34.1. The lowest BCUT2D eigenvalue weighted by Crippen LogP contribution is -2.43. The van der Waals surface area contributed by atoms with Gasteiger partial charge in [-0.2, -0.15) is 0 Å². The zero-order valence-corrected chi connectivity index (χ0v) is 22.1. The van der Waals surface area contributed by atoms with E-state index in [9.17, 15) is 9.59 Å². The number of allylic oxidation sites excluding steroid dienone is 2. The number of hydrogen-bond acceptors (Lipinski definition) is 4. The van der Waals surface area contributed by atoms with Crippen LogP contribution in [0.5, 0.6) is 0 Å². The summed E-state index contributed by atoms with van der Waals surface area (Å²) in [7, 11) is 2.11. The van der Waals surface area contributed by atoms with Crippen LogP contribution in [0.2, 0.25) is 0 Å². The van der Waals surface area contributed by atoms with Crippen LogP contribution in [-0.4, -0.2) is 60.8 Å². The van der Waals surface area contributed by atoms with E-state index >= 15 is 0 Å². The highest BCUT2D eigenvalue weighted by Gasteiger charge is 2.58. The predicted octanol–water partition coefficient (Wildman–Crippen LogP) is 2.62. The molecule has 0 spiro atoms. The number of benzene rings is 1. The van der Waals surface area contributed by atoms with Crippen LogP contribution in [0.25, 0.3) is 0 Å². The molecule has 2 aliphatic carbocycles. The van der Waals surface area contributed by atoms with E-state index < -0.39 is 0 Å². The number of carbonyl (C=O) groups is 2. The molecule has 1 aromatic rings. The van der Waals surface area contributed by atoms with Crippen molar-refractivity contribution in [3.63, 3.8) is 0 Å². The Morgan fingerprint density at radius 3 is 2.39 bits per heavy atom. The van der Waals surface area contributed by atoms with E-state index in [0.717, 1.165) is 31.6 Å². The molecule has 8 heteroatoms. The molecule has 1 saturated carbocycles. The van der Waals surface area contributed by atoms with Crippen molar-refractivity contribution in [3.8, 4) is 0 Å². The van der Waals surface area contributed by atoms with Gasteiger partial charge >= 0.3 is 0 Å². The number of likely N-dealkylation sites (tertiary alicyclic amines) is 1. The van der Waals surface area contributed by atoms with Crippen molar-refractivity contribution in [1.29, 1.82) is 0 Å². The number of rotatable bonds is 9. The summed E-state index contributed by atoms with van der Waals surface area (Å²) in [6, 6.07) is 8.50. The highest BCUT2D eigenvalue weighted by molar-refractivity contribution is 14.0. The van der Waals surface area contributed by atoms with E-state index in [0.29, 0.717) is 25.6 Å². The molecule has 4 rings (SSSR count). The van der Waals surface area contributed by atoms with Crippen molar-refractivity contribution in [2.24, 2.45) is 28.7 Å². The predicted molar refractivity (Wildman–Crippen MR) is 141 cm³/mol. The smallest absolute Gasteiger partial charge is 0.233 e. The first-order valence-corrected chi connectivity index (χ1v) is 11.8. The van der Waals surface area contributed by atoms with Crippen LogP contribution in [0, 0.1) is 23.7 Å². The van der Waals surface area contributed by atoms with Gasteiger partial charge in [0.15, 0.2) is 5.96 Å². The van der Waals surface area contributed by atoms with Crippen molar-refractivity contribution in [3.05, 3.63) is 47.5 Å². The van der Waals surface area contributed by atoms with E-state index in [1.807, 2.05) is 6.92 Å². The summed E-state index contributed by atoms with van der Waals surface area (Å²) < 4.78 is 0. The highest BCUT2D eigenvalue weighted by Crippen LogP contribution is 2.52. The van der Waals surface area contributed by atoms with Gasteiger partial charge in [0.1, 0.15) is 0 Å². The molecule has 33 heavy (non-hydrogen) atoms. The summed E-state index contributed by atoms with van der Waals surface area (Å²) in [6.45, 7) is 8.30. The summed E-state index contributed by atoms with van der Waals surface area (Å²) >= 11 is 0. The minimum atomic E-state index is -0.126. The van der Waals surface area contributed by atoms with Gasteiger partial charge in [0, 0.05) is 26.2 Å². The average Bonchev–Trinajstić information content (AvgIpc) is 3.47. The van der Waals surface area contributed by atoms with Crippen LogP contribution in [0.4, 0.5) is 0 Å². The molecule has 3 aliphatic rings. The van der Waals surface area contributed by atoms with Gasteiger partial charge in [-0.15, -0.1) is 24.0 Å². The summed E-state index contributed by atoms with van der Waals surface area (Å²) in [5.74, 6) is 0.975. The number of aliphatic imine (C=N–C) groups is 1. The second kappa shape index (κ2) is 11.5. The lowest BCUT2D eigenvalue weighted by molar-refractivity contribution is -0.140. The minimum absolute atomic E-state index is 0. The number of fused-ring (bicyclic) bond motifs is 5. The molecule has 4 atom stereocenters. The second-order valence-corrected chi connectivity index (χ2v) is 9.10. The van der Waals surface area contributed by atoms with Crippen LogP contribution in [0.15, 0.2) is 41.4 Å². The Bertz CT molecular complexity index is 888. The second-order valence-electron chi connectivity index (χ2n) is 9.10. The number of carbonyl (C=O) groups excluding carboxylic acids is 2. The van der Waals surface area contributed by atoms with Crippen LogP contribution in [0.3, 0.4) is 0 Å². The molecular weight excluding hydrogens is 529 g/mol. The van der Waals surface area contributed by atoms with Gasteiger partial charge in [-0.25, -0.2) is 4.99 Å². The number of guanidine groups is 1. The maximum Gasteiger partial charge on any atom is 0.233 e. The van der Waals surface area contributed by atoms with Gasteiger partial charge in [0.25, 0.3) is 0 Å². The van der Waals surface area contributed by atoms with Gasteiger partial charge in [-0.1, -0.05) is 43.3 Å². The van der Waals surface area contributed by atoms with Crippen molar-refractivity contribution in [2.75, 3.05) is 33.2 Å². The lowest BCUT2D eigenvalue weighted by Gasteiger charge is -2.18. The van der Waals surface area contributed by atoms with Crippen LogP contribution in [0.1, 0.15) is 31.4 Å². The van der Waals surface area contributed by atoms with Gasteiger partial charge in [0.2, 0.25) is 11.8 Å². The fourth-order valence-corrected chi connectivity index (χ4v) is 5.23. The molecule has 1 aromatic carbocycles. The maximum atomic E-state index is 12.8. The zero-order valence-electron chi connectivity index (χ0n) is 19.8. The molecule has 1 aliphatic heterocycles. The highest BCUT2D eigenvalue weighted by atomic mass is 127. The zero-order chi connectivity index (χ0) is 22.7. The largest absolute Gasteiger partial charge is 0.357 e. The molecule has 4 unspecified atom stereocenters. The third kappa shape index (κ3) is 5.59. The summed E-state index contributed by atoms with van der Waals surface area (Å²) in [5.41, 5.74) is 2.44. The molecule has 0 aromatic heterocycles. The number of nitrogens with zero attached hydrogens (tertiary/aromatic N) is 3. The van der Waals surface area contributed by atoms with Crippen LogP contribution < -0.4 is 10.6 Å². The molecule has 2 N–H and O–H groups in total. The van der Waals surface area contributed by atoms with Crippen LogP contribution in [-0.2, 0) is 22.7 Å². The van der Waals surface area contributed by atoms with Crippen molar-refractivity contribution < 1.29 is 9.59 Å². The first kappa shape index (κ1) is 25.7. The van der Waals surface area contributed by atoms with Crippen molar-refractivity contribution >= 4 is 41.8 Å². The molecule has 180 valence electrons. The molecule has 7 nitrogen and oxygen atoms in total. The van der Waals surface area contributed by atoms with E-state index in [2.05, 4.69) is 65.9 Å². The minimum Gasteiger partial charge on any atom is -0.357 e. The molecule has 2 bridgehead atoms. The number of imide groups is 1. The molecule has 1 heterocycles. The van der Waals surface area contributed by atoms with Gasteiger partial charge < -0.3 is 15.5 Å². The third-order valence-corrected chi connectivity index (χ3v) is 6.94. The Morgan fingerprint density at radius 1 is 1.09 bits per heavy atom. The molecule has 1 saturated heterocycles. The van der Waals surface area contributed by atoms with Crippen molar-refractivity contribution in [2.45, 2.75) is 33.4 Å². The number of halogens is 1. The summed E-state index contributed by atoms with van der Waals surface area (Å²) in [5, 5.41) is 6.54. The van der Waals surface area contributed by atoms with E-state index in [1.165, 1.54) is 10.5 Å². The topological polar surface area (TPSA) is 77.0 Å². The van der Waals surface area contributed by atoms with E-state index in [1.54, 1.807) is 0 Å². The van der Waals surface area contributed by atoms with Gasteiger partial charge in [0.05, 0.1) is 18.4 Å². The molecule has 2 fully saturated rings. The fraction of sp³-hybridized carbons (Fsp3) is 0.560.